The van der Waals surface area contributed by atoms with E-state index in [0.717, 1.165) is 23.5 Å². The van der Waals surface area contributed by atoms with Gasteiger partial charge in [0.05, 0.1) is 5.69 Å². The number of halogens is 3. The largest absolute Gasteiger partial charge is 0.342 e. The number of carbonyl (C=O) groups excluding carboxylic acids is 1. The maximum atomic E-state index is 13.8. The number of amides is 1. The second kappa shape index (κ2) is 7.90. The number of hydrogen-bond donors (Lipinski definition) is 1. The zero-order valence-electron chi connectivity index (χ0n) is 14.4. The first kappa shape index (κ1) is 18.4. The van der Waals surface area contributed by atoms with Crippen LogP contribution in [0.1, 0.15) is 17.4 Å². The highest BCUT2D eigenvalue weighted by Crippen LogP contribution is 2.25. The Hall–Kier alpha value is -3.35. The van der Waals surface area contributed by atoms with Crippen LogP contribution in [0.4, 0.5) is 30.2 Å². The van der Waals surface area contributed by atoms with Crippen LogP contribution in [0.5, 0.6) is 0 Å². The molecule has 0 saturated carbocycles. The van der Waals surface area contributed by atoms with Crippen molar-refractivity contribution in [2.45, 2.75) is 6.92 Å². The molecule has 0 aliphatic rings. The van der Waals surface area contributed by atoms with E-state index in [-0.39, 0.29) is 5.69 Å². The summed E-state index contributed by atoms with van der Waals surface area (Å²) in [4.78, 5) is 18.3. The lowest BCUT2D eigenvalue weighted by Crippen LogP contribution is -2.19. The molecule has 7 heteroatoms. The molecule has 0 aliphatic carbocycles. The topological polar surface area (TPSA) is 45.2 Å². The summed E-state index contributed by atoms with van der Waals surface area (Å²) in [5.41, 5.74) is 1.21. The van der Waals surface area contributed by atoms with Crippen LogP contribution in [0.2, 0.25) is 0 Å². The highest BCUT2D eigenvalue weighted by atomic mass is 19.2. The molecule has 0 bridgehead atoms. The molecule has 1 N–H and O–H groups in total. The van der Waals surface area contributed by atoms with Crippen LogP contribution in [0, 0.1) is 17.5 Å². The second-order valence-corrected chi connectivity index (χ2v) is 5.66. The van der Waals surface area contributed by atoms with Crippen molar-refractivity contribution in [3.8, 4) is 0 Å². The Morgan fingerprint density at radius 3 is 2.44 bits per heavy atom. The molecule has 0 atom stereocenters. The first-order chi connectivity index (χ1) is 13.0. The Morgan fingerprint density at radius 2 is 1.74 bits per heavy atom. The summed E-state index contributed by atoms with van der Waals surface area (Å²) in [5.74, 6) is -5.16. The van der Waals surface area contributed by atoms with Crippen molar-refractivity contribution in [2.24, 2.45) is 0 Å². The molecule has 2 aromatic carbocycles. The average Bonchev–Trinajstić information content (AvgIpc) is 2.70. The Labute approximate surface area is 154 Å². The van der Waals surface area contributed by atoms with E-state index in [2.05, 4.69) is 10.3 Å². The third kappa shape index (κ3) is 3.92. The number of anilines is 3. The predicted molar refractivity (Wildman–Crippen MR) is 97.6 cm³/mol. The quantitative estimate of drug-likeness (QED) is 0.648. The lowest BCUT2D eigenvalue weighted by Gasteiger charge is -2.23. The molecule has 3 rings (SSSR count). The molecule has 1 amide bonds. The maximum absolute atomic E-state index is 13.8. The van der Waals surface area contributed by atoms with Gasteiger partial charge in [-0.05, 0) is 43.3 Å². The standard InChI is InChI=1S/C20H16F3N3O/c1-2-26(13-6-4-3-5-7-13)14-10-11-24-17(12-14)20(27)25-16-9-8-15(21)18(22)19(16)23/h3-12H,2H2,1H3,(H,25,27). The fourth-order valence-electron chi connectivity index (χ4n) is 2.64. The van der Waals surface area contributed by atoms with E-state index in [9.17, 15) is 18.0 Å². The molecule has 1 heterocycles. The fourth-order valence-corrected chi connectivity index (χ4v) is 2.64. The number of para-hydroxylation sites is 1. The van der Waals surface area contributed by atoms with Gasteiger partial charge in [0.1, 0.15) is 5.69 Å². The summed E-state index contributed by atoms with van der Waals surface area (Å²) in [6, 6.07) is 14.6. The molecule has 1 aromatic heterocycles. The van der Waals surface area contributed by atoms with Crippen molar-refractivity contribution >= 4 is 23.0 Å². The Balaban J connectivity index is 1.87. The van der Waals surface area contributed by atoms with Gasteiger partial charge in [-0.2, -0.15) is 0 Å². The molecule has 0 unspecified atom stereocenters. The first-order valence-electron chi connectivity index (χ1n) is 8.24. The van der Waals surface area contributed by atoms with Gasteiger partial charge in [-0.3, -0.25) is 9.78 Å². The van der Waals surface area contributed by atoms with Crippen molar-refractivity contribution in [1.29, 1.82) is 0 Å². The Kier molecular flexibility index (Phi) is 5.40. The summed E-state index contributed by atoms with van der Waals surface area (Å²) in [5, 5.41) is 2.22. The molecular weight excluding hydrogens is 355 g/mol. The van der Waals surface area contributed by atoms with E-state index < -0.39 is 29.0 Å². The van der Waals surface area contributed by atoms with Gasteiger partial charge in [0.2, 0.25) is 0 Å². The molecule has 3 aromatic rings. The monoisotopic (exact) mass is 371 g/mol. The van der Waals surface area contributed by atoms with E-state index in [0.29, 0.717) is 6.54 Å². The van der Waals surface area contributed by atoms with E-state index in [1.165, 1.54) is 6.20 Å². The molecule has 0 aliphatic heterocycles. The minimum Gasteiger partial charge on any atom is -0.342 e. The zero-order valence-corrected chi connectivity index (χ0v) is 14.4. The number of hydrogen-bond acceptors (Lipinski definition) is 3. The summed E-state index contributed by atoms with van der Waals surface area (Å²) in [6.07, 6.45) is 1.46. The van der Waals surface area contributed by atoms with Crippen molar-refractivity contribution in [1.82, 2.24) is 4.98 Å². The number of aromatic nitrogens is 1. The van der Waals surface area contributed by atoms with Crippen molar-refractivity contribution < 1.29 is 18.0 Å². The van der Waals surface area contributed by atoms with Crippen molar-refractivity contribution in [2.75, 3.05) is 16.8 Å². The molecule has 0 saturated heterocycles. The van der Waals surface area contributed by atoms with Gasteiger partial charge in [-0.25, -0.2) is 13.2 Å². The van der Waals surface area contributed by atoms with Crippen LogP contribution >= 0.6 is 0 Å². The number of carbonyl (C=O) groups is 1. The van der Waals surface area contributed by atoms with E-state index in [4.69, 9.17) is 0 Å². The minimum absolute atomic E-state index is 0.0195. The zero-order chi connectivity index (χ0) is 19.4. The summed E-state index contributed by atoms with van der Waals surface area (Å²) < 4.78 is 40.1. The van der Waals surface area contributed by atoms with Crippen molar-refractivity contribution in [3.05, 3.63) is 83.9 Å². The number of benzene rings is 2. The molecule has 27 heavy (non-hydrogen) atoms. The summed E-state index contributed by atoms with van der Waals surface area (Å²) in [7, 11) is 0. The molecule has 0 radical (unpaired) electrons. The SMILES string of the molecule is CCN(c1ccccc1)c1ccnc(C(=O)Nc2ccc(F)c(F)c2F)c1. The summed E-state index contributed by atoms with van der Waals surface area (Å²) >= 11 is 0. The lowest BCUT2D eigenvalue weighted by atomic mass is 10.2. The van der Waals surface area contributed by atoms with Gasteiger partial charge in [-0.1, -0.05) is 18.2 Å². The molecular formula is C20H16F3N3O. The highest BCUT2D eigenvalue weighted by Gasteiger charge is 2.17. The van der Waals surface area contributed by atoms with Gasteiger partial charge in [0, 0.05) is 24.1 Å². The maximum Gasteiger partial charge on any atom is 0.274 e. The van der Waals surface area contributed by atoms with E-state index in [1.54, 1.807) is 12.1 Å². The second-order valence-electron chi connectivity index (χ2n) is 5.66. The molecule has 138 valence electrons. The van der Waals surface area contributed by atoms with Gasteiger partial charge in [0.25, 0.3) is 5.91 Å². The van der Waals surface area contributed by atoms with Crippen molar-refractivity contribution in [3.63, 3.8) is 0 Å². The highest BCUT2D eigenvalue weighted by molar-refractivity contribution is 6.03. The third-order valence-electron chi connectivity index (χ3n) is 3.96. The summed E-state index contributed by atoms with van der Waals surface area (Å²) in [6.45, 7) is 2.61. The van der Waals surface area contributed by atoms with Crippen LogP contribution in [-0.4, -0.2) is 17.4 Å². The van der Waals surface area contributed by atoms with Gasteiger partial charge >= 0.3 is 0 Å². The van der Waals surface area contributed by atoms with Gasteiger partial charge in [0.15, 0.2) is 17.5 Å². The number of pyridine rings is 1. The van der Waals surface area contributed by atoms with Gasteiger partial charge < -0.3 is 10.2 Å². The molecule has 0 fully saturated rings. The first-order valence-corrected chi connectivity index (χ1v) is 8.24. The number of nitrogens with zero attached hydrogens (tertiary/aromatic N) is 2. The van der Waals surface area contributed by atoms with Gasteiger partial charge in [-0.15, -0.1) is 0 Å². The Morgan fingerprint density at radius 1 is 1.00 bits per heavy atom. The lowest BCUT2D eigenvalue weighted by molar-refractivity contribution is 0.102. The Bertz CT molecular complexity index is 964. The van der Waals surface area contributed by atoms with E-state index >= 15 is 0 Å². The average molecular weight is 371 g/mol. The normalized spacial score (nSPS) is 10.5. The van der Waals surface area contributed by atoms with Crippen LogP contribution in [0.15, 0.2) is 60.8 Å². The number of nitrogens with one attached hydrogen (secondary N) is 1. The van der Waals surface area contributed by atoms with E-state index in [1.807, 2.05) is 42.2 Å². The molecule has 0 spiro atoms. The van der Waals surface area contributed by atoms with Crippen LogP contribution in [-0.2, 0) is 0 Å². The fraction of sp³-hybridized carbons (Fsp3) is 0.100. The van der Waals surface area contributed by atoms with Crippen LogP contribution in [0.25, 0.3) is 0 Å². The third-order valence-corrected chi connectivity index (χ3v) is 3.96. The molecule has 4 nitrogen and oxygen atoms in total. The smallest absolute Gasteiger partial charge is 0.274 e. The van der Waals surface area contributed by atoms with Crippen LogP contribution < -0.4 is 10.2 Å². The number of rotatable bonds is 5. The predicted octanol–water partition coefficient (Wildman–Crippen LogP) is 4.91. The van der Waals surface area contributed by atoms with Crippen LogP contribution in [0.3, 0.4) is 0 Å². The minimum atomic E-state index is -1.64.